The van der Waals surface area contributed by atoms with Crippen molar-refractivity contribution in [3.63, 3.8) is 0 Å². The lowest BCUT2D eigenvalue weighted by Crippen LogP contribution is -2.59. The van der Waals surface area contributed by atoms with Gasteiger partial charge in [0.1, 0.15) is 0 Å². The van der Waals surface area contributed by atoms with Crippen LogP contribution in [0, 0.1) is 22.2 Å². The highest BCUT2D eigenvalue weighted by Crippen LogP contribution is 2.69. The van der Waals surface area contributed by atoms with E-state index in [0.29, 0.717) is 16.7 Å². The predicted molar refractivity (Wildman–Crippen MR) is 82.4 cm³/mol. The fourth-order valence-corrected chi connectivity index (χ4v) is 6.47. The molecule has 0 aromatic heterocycles. The fourth-order valence-electron chi connectivity index (χ4n) is 6.47. The Labute approximate surface area is 124 Å². The molecule has 0 aromatic carbocycles. The van der Waals surface area contributed by atoms with Crippen molar-refractivity contribution in [1.29, 1.82) is 0 Å². The molecule has 0 spiro atoms. The monoisotopic (exact) mass is 277 g/mol. The first-order chi connectivity index (χ1) is 9.39. The number of nitrogens with one attached hydrogen (secondary N) is 1. The molecule has 2 unspecified atom stereocenters. The minimum atomic E-state index is -0.0187. The second kappa shape index (κ2) is 4.74. The molecular weight excluding hydrogens is 246 g/mol. The Hall–Kier alpha value is -0.530. The van der Waals surface area contributed by atoms with Crippen LogP contribution in [0.15, 0.2) is 0 Å². The molecule has 0 heterocycles. The summed E-state index contributed by atoms with van der Waals surface area (Å²) in [5.41, 5.74) is 0.860. The summed E-state index contributed by atoms with van der Waals surface area (Å²) in [5.74, 6) is 1.19. The smallest absolute Gasteiger partial charge is 0.226 e. The molecule has 2 atom stereocenters. The second-order valence-corrected chi connectivity index (χ2v) is 8.87. The number of carbonyl (C=O) groups is 1. The fraction of sp³-hybridized carbons (Fsp3) is 0.944. The van der Waals surface area contributed by atoms with Crippen LogP contribution in [0.2, 0.25) is 0 Å². The minimum Gasteiger partial charge on any atom is -0.356 e. The van der Waals surface area contributed by atoms with Gasteiger partial charge in [-0.15, -0.1) is 0 Å². The van der Waals surface area contributed by atoms with Gasteiger partial charge in [-0.2, -0.15) is 0 Å². The Morgan fingerprint density at radius 1 is 1.05 bits per heavy atom. The molecule has 4 aliphatic rings. The van der Waals surface area contributed by atoms with Crippen LogP contribution in [-0.2, 0) is 4.79 Å². The highest BCUT2D eigenvalue weighted by atomic mass is 16.2. The first-order valence-corrected chi connectivity index (χ1v) is 8.67. The molecule has 1 amide bonds. The van der Waals surface area contributed by atoms with Crippen molar-refractivity contribution in [2.24, 2.45) is 22.2 Å². The van der Waals surface area contributed by atoms with E-state index in [4.69, 9.17) is 0 Å². The molecule has 0 saturated heterocycles. The zero-order valence-corrected chi connectivity index (χ0v) is 13.6. The van der Waals surface area contributed by atoms with Crippen LogP contribution in [0.5, 0.6) is 0 Å². The third kappa shape index (κ3) is 2.40. The zero-order chi connectivity index (χ0) is 14.4. The van der Waals surface area contributed by atoms with Crippen LogP contribution in [0.4, 0.5) is 0 Å². The van der Waals surface area contributed by atoms with Crippen molar-refractivity contribution in [3.05, 3.63) is 0 Å². The number of carbonyl (C=O) groups excluding carboxylic acids is 1. The van der Waals surface area contributed by atoms with E-state index in [1.54, 1.807) is 0 Å². The van der Waals surface area contributed by atoms with E-state index < -0.39 is 0 Å². The maximum atomic E-state index is 12.8. The first-order valence-electron chi connectivity index (χ1n) is 8.67. The first kappa shape index (κ1) is 14.4. The Balaban J connectivity index is 1.70. The summed E-state index contributed by atoms with van der Waals surface area (Å²) >= 11 is 0. The Bertz CT molecular complexity index is 384. The summed E-state index contributed by atoms with van der Waals surface area (Å²) < 4.78 is 0. The maximum Gasteiger partial charge on any atom is 0.226 e. The highest BCUT2D eigenvalue weighted by molar-refractivity contribution is 5.83. The van der Waals surface area contributed by atoms with Gasteiger partial charge in [-0.05, 0) is 61.7 Å². The Kier molecular flexibility index (Phi) is 3.42. The molecule has 4 rings (SSSR count). The quantitative estimate of drug-likeness (QED) is 0.746. The van der Waals surface area contributed by atoms with Crippen molar-refractivity contribution in [2.45, 2.75) is 78.6 Å². The molecule has 0 radical (unpaired) electrons. The largest absolute Gasteiger partial charge is 0.356 e. The van der Waals surface area contributed by atoms with Crippen LogP contribution < -0.4 is 5.32 Å². The average Bonchev–Trinajstić information content (AvgIpc) is 2.29. The van der Waals surface area contributed by atoms with Gasteiger partial charge in [0.2, 0.25) is 5.91 Å². The van der Waals surface area contributed by atoms with E-state index in [-0.39, 0.29) is 5.41 Å². The molecule has 20 heavy (non-hydrogen) atoms. The lowest BCUT2D eigenvalue weighted by Gasteiger charge is -2.64. The SMILES string of the molecule is CCCCCNC(=O)C12CC3CC(C)(CC(C)(C3)C1)C2. The van der Waals surface area contributed by atoms with Crippen LogP contribution >= 0.6 is 0 Å². The molecule has 114 valence electrons. The van der Waals surface area contributed by atoms with Crippen molar-refractivity contribution >= 4 is 5.91 Å². The van der Waals surface area contributed by atoms with Crippen LogP contribution in [0.3, 0.4) is 0 Å². The van der Waals surface area contributed by atoms with Crippen LogP contribution in [-0.4, -0.2) is 12.5 Å². The van der Waals surface area contributed by atoms with Gasteiger partial charge in [0.05, 0.1) is 5.41 Å². The summed E-state index contributed by atoms with van der Waals surface area (Å²) in [6.07, 6.45) is 11.1. The van der Waals surface area contributed by atoms with Crippen LogP contribution in [0.25, 0.3) is 0 Å². The summed E-state index contributed by atoms with van der Waals surface area (Å²) in [4.78, 5) is 12.8. The number of unbranched alkanes of at least 4 members (excludes halogenated alkanes) is 2. The normalized spacial score (nSPS) is 45.6. The average molecular weight is 277 g/mol. The Morgan fingerprint density at radius 3 is 2.25 bits per heavy atom. The maximum absolute atomic E-state index is 12.8. The van der Waals surface area contributed by atoms with Crippen molar-refractivity contribution in [1.82, 2.24) is 5.32 Å². The number of hydrogen-bond acceptors (Lipinski definition) is 1. The third-order valence-corrected chi connectivity index (χ3v) is 6.17. The second-order valence-electron chi connectivity index (χ2n) is 8.87. The molecule has 4 bridgehead atoms. The number of amides is 1. The molecule has 0 aromatic rings. The van der Waals surface area contributed by atoms with E-state index in [2.05, 4.69) is 26.1 Å². The molecule has 4 fully saturated rings. The predicted octanol–water partition coefficient (Wildman–Crippen LogP) is 4.29. The molecule has 2 heteroatoms. The van der Waals surface area contributed by atoms with Crippen molar-refractivity contribution < 1.29 is 4.79 Å². The molecule has 1 N–H and O–H groups in total. The van der Waals surface area contributed by atoms with E-state index in [1.807, 2.05) is 0 Å². The van der Waals surface area contributed by atoms with Gasteiger partial charge < -0.3 is 5.32 Å². The lowest BCUT2D eigenvalue weighted by atomic mass is 9.40. The van der Waals surface area contributed by atoms with Gasteiger partial charge in [0.15, 0.2) is 0 Å². The van der Waals surface area contributed by atoms with Crippen LogP contribution in [0.1, 0.15) is 78.6 Å². The van der Waals surface area contributed by atoms with E-state index in [0.717, 1.165) is 38.1 Å². The standard InChI is InChI=1S/C18H31NO/c1-4-5-6-7-19-15(20)18-10-14-8-16(2,12-18)11-17(3,9-14)13-18/h14H,4-13H2,1-3H3,(H,19,20). The molecular formula is C18H31NO. The summed E-state index contributed by atoms with van der Waals surface area (Å²) in [7, 11) is 0. The molecule has 2 nitrogen and oxygen atoms in total. The zero-order valence-electron chi connectivity index (χ0n) is 13.6. The van der Waals surface area contributed by atoms with E-state index in [1.165, 1.54) is 32.1 Å². The van der Waals surface area contributed by atoms with E-state index in [9.17, 15) is 4.79 Å². The topological polar surface area (TPSA) is 29.1 Å². The van der Waals surface area contributed by atoms with Gasteiger partial charge >= 0.3 is 0 Å². The van der Waals surface area contributed by atoms with Gasteiger partial charge in [0, 0.05) is 6.54 Å². The highest BCUT2D eigenvalue weighted by Gasteiger charge is 2.62. The summed E-state index contributed by atoms with van der Waals surface area (Å²) in [5, 5.41) is 3.27. The molecule has 4 saturated carbocycles. The Morgan fingerprint density at radius 2 is 1.70 bits per heavy atom. The lowest BCUT2D eigenvalue weighted by molar-refractivity contribution is -0.170. The summed E-state index contributed by atoms with van der Waals surface area (Å²) in [6.45, 7) is 7.97. The molecule has 4 aliphatic carbocycles. The van der Waals surface area contributed by atoms with Gasteiger partial charge in [-0.1, -0.05) is 33.6 Å². The van der Waals surface area contributed by atoms with Gasteiger partial charge in [-0.3, -0.25) is 4.79 Å². The van der Waals surface area contributed by atoms with Crippen molar-refractivity contribution in [3.8, 4) is 0 Å². The third-order valence-electron chi connectivity index (χ3n) is 6.17. The summed E-state index contributed by atoms with van der Waals surface area (Å²) in [6, 6.07) is 0. The molecule has 0 aliphatic heterocycles. The van der Waals surface area contributed by atoms with Gasteiger partial charge in [0.25, 0.3) is 0 Å². The van der Waals surface area contributed by atoms with Crippen molar-refractivity contribution in [2.75, 3.05) is 6.54 Å². The van der Waals surface area contributed by atoms with Gasteiger partial charge in [-0.25, -0.2) is 0 Å². The minimum absolute atomic E-state index is 0.0187. The number of rotatable bonds is 5. The number of hydrogen-bond donors (Lipinski definition) is 1. The van der Waals surface area contributed by atoms with E-state index >= 15 is 0 Å².